The standard InChI is InChI=1S/C20H35N5O8/c1-9(2)7-13(20(32)33)25-18(30)12(8-14(21)26)24-17(29)11(5-6-15(27)28)23-19(31)16(22)10(3)4/h9-13,16H,5-8,22H2,1-4H3,(H2,21,26)(H,23,31)(H,24,29)(H,25,30)(H,27,28)(H,32,33). The highest BCUT2D eigenvalue weighted by atomic mass is 16.4. The molecule has 0 aromatic rings. The van der Waals surface area contributed by atoms with Crippen LogP contribution in [0.25, 0.3) is 0 Å². The van der Waals surface area contributed by atoms with Crippen molar-refractivity contribution >= 4 is 35.6 Å². The number of carbonyl (C=O) groups excluding carboxylic acids is 4. The number of carboxylic acids is 2. The molecule has 33 heavy (non-hydrogen) atoms. The smallest absolute Gasteiger partial charge is 0.326 e. The molecular formula is C20H35N5O8. The Bertz CT molecular complexity index is 740. The molecule has 13 heteroatoms. The Morgan fingerprint density at radius 2 is 1.27 bits per heavy atom. The number of nitrogens with one attached hydrogen (secondary N) is 3. The zero-order valence-corrected chi connectivity index (χ0v) is 19.3. The Morgan fingerprint density at radius 1 is 0.788 bits per heavy atom. The molecule has 9 N–H and O–H groups in total. The van der Waals surface area contributed by atoms with E-state index in [2.05, 4.69) is 16.0 Å². The summed E-state index contributed by atoms with van der Waals surface area (Å²) in [6, 6.07) is -5.14. The van der Waals surface area contributed by atoms with Gasteiger partial charge in [0.25, 0.3) is 0 Å². The van der Waals surface area contributed by atoms with Crippen LogP contribution in [0.4, 0.5) is 0 Å². The maximum atomic E-state index is 12.8. The summed E-state index contributed by atoms with van der Waals surface area (Å²) >= 11 is 0. The second-order valence-electron chi connectivity index (χ2n) is 8.52. The molecule has 0 aromatic carbocycles. The van der Waals surface area contributed by atoms with Crippen molar-refractivity contribution in [3.63, 3.8) is 0 Å². The first-order valence-electron chi connectivity index (χ1n) is 10.5. The van der Waals surface area contributed by atoms with Crippen LogP contribution in [0.1, 0.15) is 53.4 Å². The molecular weight excluding hydrogens is 438 g/mol. The van der Waals surface area contributed by atoms with E-state index >= 15 is 0 Å². The molecule has 0 aliphatic heterocycles. The highest BCUT2D eigenvalue weighted by Gasteiger charge is 2.32. The predicted molar refractivity (Wildman–Crippen MR) is 116 cm³/mol. The summed E-state index contributed by atoms with van der Waals surface area (Å²) in [4.78, 5) is 71.5. The SMILES string of the molecule is CC(C)CC(NC(=O)C(CC(N)=O)NC(=O)C(CCC(=O)O)NC(=O)C(N)C(C)C)C(=O)O. The molecule has 0 aliphatic rings. The van der Waals surface area contributed by atoms with Crippen LogP contribution in [0, 0.1) is 11.8 Å². The molecule has 4 unspecified atom stereocenters. The number of nitrogens with two attached hydrogens (primary N) is 2. The van der Waals surface area contributed by atoms with Gasteiger partial charge >= 0.3 is 11.9 Å². The second kappa shape index (κ2) is 14.0. The van der Waals surface area contributed by atoms with Crippen molar-refractivity contribution in [2.45, 2.75) is 77.5 Å². The van der Waals surface area contributed by atoms with Gasteiger partial charge in [-0.05, 0) is 24.7 Å². The van der Waals surface area contributed by atoms with Gasteiger partial charge in [0.1, 0.15) is 18.1 Å². The van der Waals surface area contributed by atoms with Gasteiger partial charge in [-0.1, -0.05) is 27.7 Å². The Balaban J connectivity index is 5.59. The van der Waals surface area contributed by atoms with E-state index in [1.165, 1.54) is 0 Å². The predicted octanol–water partition coefficient (Wildman–Crippen LogP) is -1.70. The van der Waals surface area contributed by atoms with E-state index in [-0.39, 0.29) is 24.7 Å². The molecule has 0 rings (SSSR count). The Hall–Kier alpha value is -3.22. The van der Waals surface area contributed by atoms with Crippen LogP contribution < -0.4 is 27.4 Å². The summed E-state index contributed by atoms with van der Waals surface area (Å²) < 4.78 is 0. The van der Waals surface area contributed by atoms with Gasteiger partial charge in [0.15, 0.2) is 0 Å². The molecule has 0 fully saturated rings. The molecule has 0 heterocycles. The number of primary amides is 1. The van der Waals surface area contributed by atoms with Crippen molar-refractivity contribution in [2.75, 3.05) is 0 Å². The first-order valence-corrected chi connectivity index (χ1v) is 10.5. The summed E-state index contributed by atoms with van der Waals surface area (Å²) in [6.45, 7) is 6.87. The van der Waals surface area contributed by atoms with Gasteiger partial charge in [-0.3, -0.25) is 24.0 Å². The lowest BCUT2D eigenvalue weighted by Gasteiger charge is -2.25. The van der Waals surface area contributed by atoms with E-state index in [1.54, 1.807) is 27.7 Å². The number of rotatable bonds is 15. The summed E-state index contributed by atoms with van der Waals surface area (Å²) in [5.74, 6) is -6.41. The highest BCUT2D eigenvalue weighted by molar-refractivity contribution is 5.96. The van der Waals surface area contributed by atoms with Gasteiger partial charge in [-0.2, -0.15) is 0 Å². The molecule has 4 atom stereocenters. The van der Waals surface area contributed by atoms with Crippen molar-refractivity contribution in [1.82, 2.24) is 16.0 Å². The highest BCUT2D eigenvalue weighted by Crippen LogP contribution is 2.07. The fourth-order valence-electron chi connectivity index (χ4n) is 2.76. The van der Waals surface area contributed by atoms with Gasteiger partial charge in [0, 0.05) is 6.42 Å². The quantitative estimate of drug-likeness (QED) is 0.143. The number of aliphatic carboxylic acids is 2. The Kier molecular flexibility index (Phi) is 12.7. The fraction of sp³-hybridized carbons (Fsp3) is 0.700. The number of carboxylic acid groups (broad SMARTS) is 2. The van der Waals surface area contributed by atoms with Crippen LogP contribution in [-0.2, 0) is 28.8 Å². The van der Waals surface area contributed by atoms with Gasteiger partial charge in [0.05, 0.1) is 12.5 Å². The average molecular weight is 474 g/mol. The van der Waals surface area contributed by atoms with Crippen molar-refractivity contribution in [1.29, 1.82) is 0 Å². The Labute approximate surface area is 192 Å². The summed E-state index contributed by atoms with van der Waals surface area (Å²) in [6.07, 6.45) is -1.33. The van der Waals surface area contributed by atoms with E-state index < -0.39 is 72.6 Å². The van der Waals surface area contributed by atoms with E-state index in [4.69, 9.17) is 16.6 Å². The maximum Gasteiger partial charge on any atom is 0.326 e. The van der Waals surface area contributed by atoms with Crippen LogP contribution in [0.15, 0.2) is 0 Å². The molecule has 0 aliphatic carbocycles. The minimum Gasteiger partial charge on any atom is -0.481 e. The molecule has 188 valence electrons. The van der Waals surface area contributed by atoms with E-state index in [0.29, 0.717) is 0 Å². The van der Waals surface area contributed by atoms with Crippen LogP contribution in [0.3, 0.4) is 0 Å². The number of carbonyl (C=O) groups is 6. The Morgan fingerprint density at radius 3 is 1.70 bits per heavy atom. The van der Waals surface area contributed by atoms with Crippen molar-refractivity contribution in [3.8, 4) is 0 Å². The topological polar surface area (TPSA) is 231 Å². The van der Waals surface area contributed by atoms with E-state index in [9.17, 15) is 33.9 Å². The van der Waals surface area contributed by atoms with Crippen LogP contribution in [0.2, 0.25) is 0 Å². The monoisotopic (exact) mass is 473 g/mol. The van der Waals surface area contributed by atoms with Gasteiger partial charge < -0.3 is 37.6 Å². The van der Waals surface area contributed by atoms with Crippen LogP contribution in [0.5, 0.6) is 0 Å². The minimum atomic E-state index is -1.54. The summed E-state index contributed by atoms with van der Waals surface area (Å²) in [7, 11) is 0. The third-order valence-electron chi connectivity index (χ3n) is 4.66. The molecule has 13 nitrogen and oxygen atoms in total. The molecule has 0 radical (unpaired) electrons. The normalized spacial score (nSPS) is 14.6. The average Bonchev–Trinajstić information content (AvgIpc) is 2.67. The summed E-state index contributed by atoms with van der Waals surface area (Å²) in [5.41, 5.74) is 10.9. The zero-order valence-electron chi connectivity index (χ0n) is 19.3. The number of amides is 4. The van der Waals surface area contributed by atoms with Crippen LogP contribution >= 0.6 is 0 Å². The zero-order chi connectivity index (χ0) is 25.9. The number of hydrogen-bond acceptors (Lipinski definition) is 7. The molecule has 4 amide bonds. The van der Waals surface area contributed by atoms with Gasteiger partial charge in [-0.15, -0.1) is 0 Å². The van der Waals surface area contributed by atoms with Crippen molar-refractivity contribution in [3.05, 3.63) is 0 Å². The third-order valence-corrected chi connectivity index (χ3v) is 4.66. The third kappa shape index (κ3) is 11.8. The second-order valence-corrected chi connectivity index (χ2v) is 8.52. The fourth-order valence-corrected chi connectivity index (χ4v) is 2.76. The largest absolute Gasteiger partial charge is 0.481 e. The first kappa shape index (κ1) is 29.8. The molecule has 0 saturated carbocycles. The molecule has 0 bridgehead atoms. The van der Waals surface area contributed by atoms with E-state index in [0.717, 1.165) is 0 Å². The van der Waals surface area contributed by atoms with Gasteiger partial charge in [0.2, 0.25) is 23.6 Å². The molecule has 0 spiro atoms. The lowest BCUT2D eigenvalue weighted by atomic mass is 10.0. The van der Waals surface area contributed by atoms with E-state index in [1.807, 2.05) is 0 Å². The maximum absolute atomic E-state index is 12.8. The molecule has 0 saturated heterocycles. The molecule has 0 aromatic heterocycles. The summed E-state index contributed by atoms with van der Waals surface area (Å²) in [5, 5.41) is 25.1. The first-order chi connectivity index (χ1) is 15.1. The van der Waals surface area contributed by atoms with Crippen molar-refractivity contribution in [2.24, 2.45) is 23.3 Å². The van der Waals surface area contributed by atoms with Crippen LogP contribution in [-0.4, -0.2) is 69.9 Å². The minimum absolute atomic E-state index is 0.0728. The van der Waals surface area contributed by atoms with Crippen molar-refractivity contribution < 1.29 is 39.0 Å². The lowest BCUT2D eigenvalue weighted by molar-refractivity contribution is -0.143. The lowest BCUT2D eigenvalue weighted by Crippen LogP contribution is -2.58. The van der Waals surface area contributed by atoms with Gasteiger partial charge in [-0.25, -0.2) is 4.79 Å². The number of hydrogen-bond donors (Lipinski definition) is 7.